The number of carbonyl (C=O) groups excluding carboxylic acids is 3. The summed E-state index contributed by atoms with van der Waals surface area (Å²) in [5.74, 6) is -0.171. The van der Waals surface area contributed by atoms with Gasteiger partial charge in [0.2, 0.25) is 5.91 Å². The zero-order valence-electron chi connectivity index (χ0n) is 17.5. The first-order valence-corrected chi connectivity index (χ1v) is 10.4. The highest BCUT2D eigenvalue weighted by Crippen LogP contribution is 2.39. The van der Waals surface area contributed by atoms with Gasteiger partial charge in [-0.1, -0.05) is 30.3 Å². The van der Waals surface area contributed by atoms with Crippen molar-refractivity contribution in [2.75, 3.05) is 13.1 Å². The van der Waals surface area contributed by atoms with Gasteiger partial charge in [0.05, 0.1) is 18.6 Å². The van der Waals surface area contributed by atoms with Crippen LogP contribution in [0.3, 0.4) is 0 Å². The largest absolute Gasteiger partial charge is 0.343 e. The van der Waals surface area contributed by atoms with Gasteiger partial charge >= 0.3 is 6.03 Å². The number of piperidine rings is 1. The number of aryl methyl sites for hydroxylation is 1. The van der Waals surface area contributed by atoms with Crippen molar-refractivity contribution >= 4 is 17.8 Å². The van der Waals surface area contributed by atoms with Crippen LogP contribution < -0.4 is 0 Å². The summed E-state index contributed by atoms with van der Waals surface area (Å²) < 4.78 is 1.94. The highest BCUT2D eigenvalue weighted by molar-refractivity contribution is 6.07. The van der Waals surface area contributed by atoms with Crippen LogP contribution in [0.2, 0.25) is 0 Å². The molecule has 1 aromatic carbocycles. The molecule has 0 unspecified atom stereocenters. The number of imidazole rings is 1. The average Bonchev–Trinajstić information content (AvgIpc) is 3.28. The second kappa shape index (κ2) is 7.93. The molecule has 2 saturated heterocycles. The maximum Gasteiger partial charge on any atom is 0.328 e. The lowest BCUT2D eigenvalue weighted by atomic mass is 9.85. The Morgan fingerprint density at radius 3 is 2.43 bits per heavy atom. The Morgan fingerprint density at radius 1 is 1.10 bits per heavy atom. The van der Waals surface area contributed by atoms with E-state index in [4.69, 9.17) is 0 Å². The fraction of sp³-hybridized carbons (Fsp3) is 0.455. The van der Waals surface area contributed by atoms with Crippen LogP contribution in [0, 0.1) is 0 Å². The molecule has 0 radical (unpaired) electrons. The number of aromatic nitrogens is 2. The third-order valence-electron chi connectivity index (χ3n) is 6.30. The maximum atomic E-state index is 13.6. The van der Waals surface area contributed by atoms with Crippen LogP contribution in [0.15, 0.2) is 42.9 Å². The molecule has 2 fully saturated rings. The van der Waals surface area contributed by atoms with Crippen LogP contribution >= 0.6 is 0 Å². The average molecular weight is 409 g/mol. The Kier molecular flexibility index (Phi) is 5.32. The lowest BCUT2D eigenvalue weighted by molar-refractivity contribution is -0.140. The molecule has 0 aliphatic carbocycles. The first-order chi connectivity index (χ1) is 14.5. The zero-order valence-corrected chi connectivity index (χ0v) is 17.5. The van der Waals surface area contributed by atoms with Gasteiger partial charge in [0.1, 0.15) is 5.54 Å². The first-order valence-electron chi connectivity index (χ1n) is 10.4. The van der Waals surface area contributed by atoms with Gasteiger partial charge in [-0.3, -0.25) is 14.5 Å². The molecule has 1 spiro atoms. The van der Waals surface area contributed by atoms with E-state index in [9.17, 15) is 14.4 Å². The number of carbonyl (C=O) groups is 3. The Bertz CT molecular complexity index is 947. The molecule has 30 heavy (non-hydrogen) atoms. The van der Waals surface area contributed by atoms with Gasteiger partial charge in [-0.25, -0.2) is 9.78 Å². The van der Waals surface area contributed by atoms with E-state index in [2.05, 4.69) is 4.98 Å². The molecule has 0 atom stereocenters. The topological polar surface area (TPSA) is 78.8 Å². The molecule has 2 aliphatic heterocycles. The lowest BCUT2D eigenvalue weighted by Crippen LogP contribution is -2.56. The summed E-state index contributed by atoms with van der Waals surface area (Å²) in [5.41, 5.74) is 0.903. The first kappa shape index (κ1) is 20.1. The Balaban J connectivity index is 1.65. The summed E-state index contributed by atoms with van der Waals surface area (Å²) in [6.07, 6.45) is 4.32. The van der Waals surface area contributed by atoms with E-state index >= 15 is 0 Å². The van der Waals surface area contributed by atoms with Crippen molar-refractivity contribution in [3.63, 3.8) is 0 Å². The van der Waals surface area contributed by atoms with E-state index in [0.717, 1.165) is 17.8 Å². The molecule has 1 aromatic heterocycles. The van der Waals surface area contributed by atoms with Crippen LogP contribution in [-0.2, 0) is 29.2 Å². The van der Waals surface area contributed by atoms with Crippen LogP contribution in [-0.4, -0.2) is 60.7 Å². The number of benzene rings is 1. The number of imide groups is 1. The van der Waals surface area contributed by atoms with Crippen molar-refractivity contribution in [1.29, 1.82) is 0 Å². The molecule has 8 heteroatoms. The SMILES string of the molecule is CCn1cncc1CN1C(=O)N(Cc2ccccc2)C2(CCN(C(C)=O)CC2)C1=O. The van der Waals surface area contributed by atoms with Gasteiger partial charge in [-0.15, -0.1) is 0 Å². The van der Waals surface area contributed by atoms with Crippen molar-refractivity contribution in [2.24, 2.45) is 0 Å². The quantitative estimate of drug-likeness (QED) is 0.710. The monoisotopic (exact) mass is 409 g/mol. The van der Waals surface area contributed by atoms with Gasteiger partial charge in [0.15, 0.2) is 0 Å². The maximum absolute atomic E-state index is 13.6. The van der Waals surface area contributed by atoms with E-state index in [0.29, 0.717) is 32.5 Å². The van der Waals surface area contributed by atoms with Crippen LogP contribution in [0.4, 0.5) is 4.79 Å². The van der Waals surface area contributed by atoms with Crippen LogP contribution in [0.1, 0.15) is 37.9 Å². The van der Waals surface area contributed by atoms with Gasteiger partial charge in [-0.05, 0) is 25.3 Å². The van der Waals surface area contributed by atoms with Crippen molar-refractivity contribution in [3.05, 3.63) is 54.1 Å². The molecule has 4 amide bonds. The number of amides is 4. The molecule has 0 N–H and O–H groups in total. The minimum absolute atomic E-state index is 0.0000597. The van der Waals surface area contributed by atoms with E-state index in [1.807, 2.05) is 41.8 Å². The zero-order chi connectivity index (χ0) is 21.3. The summed E-state index contributed by atoms with van der Waals surface area (Å²) in [4.78, 5) is 47.9. The Labute approximate surface area is 176 Å². The number of rotatable bonds is 5. The normalized spacial score (nSPS) is 18.5. The minimum Gasteiger partial charge on any atom is -0.343 e. The number of urea groups is 1. The molecular formula is C22H27N5O3. The number of hydrogen-bond acceptors (Lipinski definition) is 4. The highest BCUT2D eigenvalue weighted by Gasteiger charge is 2.58. The fourth-order valence-electron chi connectivity index (χ4n) is 4.51. The van der Waals surface area contributed by atoms with Gasteiger partial charge in [-0.2, -0.15) is 0 Å². The number of hydrogen-bond donors (Lipinski definition) is 0. The molecule has 0 bridgehead atoms. The molecule has 8 nitrogen and oxygen atoms in total. The molecule has 158 valence electrons. The lowest BCUT2D eigenvalue weighted by Gasteiger charge is -2.42. The number of nitrogens with zero attached hydrogens (tertiary/aromatic N) is 5. The second-order valence-corrected chi connectivity index (χ2v) is 7.95. The summed E-state index contributed by atoms with van der Waals surface area (Å²) in [7, 11) is 0. The highest BCUT2D eigenvalue weighted by atomic mass is 16.2. The molecule has 0 saturated carbocycles. The smallest absolute Gasteiger partial charge is 0.328 e. The molecular weight excluding hydrogens is 382 g/mol. The Hall–Kier alpha value is -3.16. The van der Waals surface area contributed by atoms with Crippen molar-refractivity contribution in [2.45, 2.75) is 51.9 Å². The number of likely N-dealkylation sites (tertiary alicyclic amines) is 1. The summed E-state index contributed by atoms with van der Waals surface area (Å²) in [6.45, 7) is 5.78. The summed E-state index contributed by atoms with van der Waals surface area (Å²) in [6, 6.07) is 9.44. The predicted molar refractivity (Wildman–Crippen MR) is 110 cm³/mol. The van der Waals surface area contributed by atoms with Crippen LogP contribution in [0.25, 0.3) is 0 Å². The van der Waals surface area contributed by atoms with Crippen LogP contribution in [0.5, 0.6) is 0 Å². The minimum atomic E-state index is -0.907. The molecule has 4 rings (SSSR count). The Morgan fingerprint density at radius 2 is 1.80 bits per heavy atom. The van der Waals surface area contributed by atoms with Gasteiger partial charge in [0.25, 0.3) is 5.91 Å². The molecule has 3 heterocycles. The summed E-state index contributed by atoms with van der Waals surface area (Å²) in [5, 5.41) is 0. The predicted octanol–water partition coefficient (Wildman–Crippen LogP) is 2.25. The van der Waals surface area contributed by atoms with Gasteiger partial charge in [0, 0.05) is 39.3 Å². The van der Waals surface area contributed by atoms with Crippen molar-refractivity contribution in [1.82, 2.24) is 24.3 Å². The third-order valence-corrected chi connectivity index (χ3v) is 6.30. The van der Waals surface area contributed by atoms with Crippen molar-refractivity contribution in [3.8, 4) is 0 Å². The second-order valence-electron chi connectivity index (χ2n) is 7.95. The van der Waals surface area contributed by atoms with E-state index in [1.165, 1.54) is 4.90 Å². The van der Waals surface area contributed by atoms with E-state index in [-0.39, 0.29) is 24.4 Å². The summed E-state index contributed by atoms with van der Waals surface area (Å²) >= 11 is 0. The fourth-order valence-corrected chi connectivity index (χ4v) is 4.51. The van der Waals surface area contributed by atoms with E-state index in [1.54, 1.807) is 29.2 Å². The molecule has 2 aromatic rings. The van der Waals surface area contributed by atoms with Crippen molar-refractivity contribution < 1.29 is 14.4 Å². The third kappa shape index (κ3) is 3.36. The molecule has 2 aliphatic rings. The van der Waals surface area contributed by atoms with Gasteiger partial charge < -0.3 is 14.4 Å². The van der Waals surface area contributed by atoms with E-state index < -0.39 is 5.54 Å². The standard InChI is InChI=1S/C22H27N5O3/c1-3-24-16-23-13-19(24)15-26-20(29)22(9-11-25(12-10-22)17(2)28)27(21(26)30)14-18-7-5-4-6-8-18/h4-8,13,16H,3,9-12,14-15H2,1-2H3.